The summed E-state index contributed by atoms with van der Waals surface area (Å²) in [5, 5.41) is 16.5. The van der Waals surface area contributed by atoms with Crippen LogP contribution in [0.3, 0.4) is 0 Å². The van der Waals surface area contributed by atoms with Crippen LogP contribution in [0.2, 0.25) is 0 Å². The summed E-state index contributed by atoms with van der Waals surface area (Å²) in [7, 11) is 0. The molecule has 1 aliphatic rings. The van der Waals surface area contributed by atoms with Crippen LogP contribution in [-0.2, 0) is 0 Å². The quantitative estimate of drug-likeness (QED) is 0.503. The summed E-state index contributed by atoms with van der Waals surface area (Å²) in [6, 6.07) is 15.0. The Bertz CT molecular complexity index is 1280. The van der Waals surface area contributed by atoms with Crippen LogP contribution in [0, 0.1) is 18.3 Å². The van der Waals surface area contributed by atoms with E-state index in [9.17, 15) is 0 Å². The predicted molar refractivity (Wildman–Crippen MR) is 118 cm³/mol. The molecule has 0 saturated carbocycles. The Labute approximate surface area is 184 Å². The molecule has 0 unspecified atom stereocenters. The van der Waals surface area contributed by atoms with Crippen molar-refractivity contribution in [1.82, 2.24) is 25.1 Å². The summed E-state index contributed by atoms with van der Waals surface area (Å²) in [5.74, 6) is 2.56. The lowest BCUT2D eigenvalue weighted by Gasteiger charge is -2.23. The second-order valence-corrected chi connectivity index (χ2v) is 7.54. The maximum absolute atomic E-state index is 9.12. The van der Waals surface area contributed by atoms with E-state index in [0.717, 1.165) is 36.5 Å². The zero-order valence-corrected chi connectivity index (χ0v) is 17.4. The van der Waals surface area contributed by atoms with Crippen LogP contribution in [0.25, 0.3) is 11.4 Å². The van der Waals surface area contributed by atoms with Gasteiger partial charge in [-0.2, -0.15) is 10.2 Å². The van der Waals surface area contributed by atoms with Gasteiger partial charge in [-0.05, 0) is 44.0 Å². The highest BCUT2D eigenvalue weighted by Gasteiger charge is 2.32. The second kappa shape index (κ2) is 8.43. The van der Waals surface area contributed by atoms with Crippen LogP contribution in [-0.4, -0.2) is 31.6 Å². The smallest absolute Gasteiger partial charge is 0.228 e. The fourth-order valence-corrected chi connectivity index (χ4v) is 3.83. The molecule has 1 fully saturated rings. The minimum Gasteiger partial charge on any atom is -0.358 e. The lowest BCUT2D eigenvalue weighted by atomic mass is 10.1. The van der Waals surface area contributed by atoms with Gasteiger partial charge >= 0.3 is 0 Å². The topological polar surface area (TPSA) is 117 Å². The molecule has 1 aliphatic heterocycles. The molecule has 1 N–H and O–H groups in total. The third-order valence-electron chi connectivity index (χ3n) is 5.28. The molecular formula is C23H20N8O. The first-order valence-electron chi connectivity index (χ1n) is 10.3. The van der Waals surface area contributed by atoms with Crippen LogP contribution in [0.4, 0.5) is 17.6 Å². The summed E-state index contributed by atoms with van der Waals surface area (Å²) in [4.78, 5) is 20.1. The van der Waals surface area contributed by atoms with Crippen molar-refractivity contribution in [2.45, 2.75) is 25.8 Å². The highest BCUT2D eigenvalue weighted by atomic mass is 16.5. The zero-order valence-electron chi connectivity index (χ0n) is 17.4. The Hall–Kier alpha value is -4.32. The lowest BCUT2D eigenvalue weighted by Crippen LogP contribution is -2.25. The number of anilines is 3. The van der Waals surface area contributed by atoms with Crippen LogP contribution in [0.1, 0.15) is 35.9 Å². The van der Waals surface area contributed by atoms with Gasteiger partial charge in [-0.25, -0.2) is 9.97 Å². The summed E-state index contributed by atoms with van der Waals surface area (Å²) in [6.45, 7) is 2.74. The summed E-state index contributed by atoms with van der Waals surface area (Å²) in [6.07, 6.45) is 5.25. The van der Waals surface area contributed by atoms with E-state index in [-0.39, 0.29) is 6.04 Å². The van der Waals surface area contributed by atoms with Crippen molar-refractivity contribution in [3.05, 3.63) is 71.9 Å². The van der Waals surface area contributed by atoms with Gasteiger partial charge < -0.3 is 14.7 Å². The summed E-state index contributed by atoms with van der Waals surface area (Å²) < 4.78 is 5.69. The fourth-order valence-electron chi connectivity index (χ4n) is 3.83. The second-order valence-electron chi connectivity index (χ2n) is 7.54. The van der Waals surface area contributed by atoms with E-state index in [4.69, 9.17) is 14.8 Å². The van der Waals surface area contributed by atoms with Crippen LogP contribution in [0.15, 0.2) is 59.4 Å². The standard InChI is InChI=1S/C23H20N8O/c1-15-11-22(28-21-12-16(14-24)7-9-26-21)29-23(27-15)31-10-4-6-19(31)20-13-18(30-32-20)17-5-2-3-8-25-17/h2-3,5,7-9,11-13,19H,4,6,10H2,1H3,(H,26,27,28,29)/t19-/m0/s1. The molecule has 32 heavy (non-hydrogen) atoms. The SMILES string of the molecule is Cc1cc(Nc2cc(C#N)ccn2)nc(N2CCC[C@H]2c2cc(-c3ccccn3)no2)n1. The normalized spacial score (nSPS) is 15.5. The van der Waals surface area contributed by atoms with Gasteiger partial charge in [-0.15, -0.1) is 0 Å². The average molecular weight is 424 g/mol. The molecule has 5 rings (SSSR count). The van der Waals surface area contributed by atoms with Gasteiger partial charge in [0.2, 0.25) is 5.95 Å². The molecule has 0 spiro atoms. The van der Waals surface area contributed by atoms with Crippen molar-refractivity contribution in [3.63, 3.8) is 0 Å². The largest absolute Gasteiger partial charge is 0.358 e. The minimum atomic E-state index is -0.00495. The Kier molecular flexibility index (Phi) is 5.17. The first-order valence-corrected chi connectivity index (χ1v) is 10.3. The van der Waals surface area contributed by atoms with Gasteiger partial charge in [-0.1, -0.05) is 11.2 Å². The number of hydrogen-bond donors (Lipinski definition) is 1. The summed E-state index contributed by atoms with van der Waals surface area (Å²) >= 11 is 0. The highest BCUT2D eigenvalue weighted by molar-refractivity contribution is 5.57. The third kappa shape index (κ3) is 3.98. The maximum atomic E-state index is 9.12. The van der Waals surface area contributed by atoms with Crippen molar-refractivity contribution in [3.8, 4) is 17.5 Å². The van der Waals surface area contributed by atoms with Gasteiger partial charge in [0, 0.05) is 36.8 Å². The molecular weight excluding hydrogens is 404 g/mol. The van der Waals surface area contributed by atoms with E-state index < -0.39 is 0 Å². The molecule has 0 bridgehead atoms. The first kappa shape index (κ1) is 19.6. The van der Waals surface area contributed by atoms with Crippen molar-refractivity contribution < 1.29 is 4.52 Å². The van der Waals surface area contributed by atoms with E-state index >= 15 is 0 Å². The van der Waals surface area contributed by atoms with Crippen LogP contribution in [0.5, 0.6) is 0 Å². The minimum absolute atomic E-state index is 0.00495. The highest BCUT2D eigenvalue weighted by Crippen LogP contribution is 2.36. The number of aryl methyl sites for hydroxylation is 1. The lowest BCUT2D eigenvalue weighted by molar-refractivity contribution is 0.362. The number of pyridine rings is 2. The Morgan fingerprint density at radius 1 is 1.06 bits per heavy atom. The van der Waals surface area contributed by atoms with E-state index in [1.165, 1.54) is 0 Å². The Balaban J connectivity index is 1.41. The van der Waals surface area contributed by atoms with Gasteiger partial charge in [0.15, 0.2) is 5.76 Å². The van der Waals surface area contributed by atoms with Gasteiger partial charge in [0.25, 0.3) is 0 Å². The molecule has 1 saturated heterocycles. The summed E-state index contributed by atoms with van der Waals surface area (Å²) in [5.41, 5.74) is 2.84. The van der Waals surface area contributed by atoms with Gasteiger partial charge in [0.1, 0.15) is 17.3 Å². The number of aromatic nitrogens is 5. The number of rotatable bonds is 5. The number of nitriles is 1. The average Bonchev–Trinajstić information content (AvgIpc) is 3.49. The van der Waals surface area contributed by atoms with Crippen molar-refractivity contribution >= 4 is 17.6 Å². The maximum Gasteiger partial charge on any atom is 0.228 e. The first-order chi connectivity index (χ1) is 15.7. The van der Waals surface area contributed by atoms with Gasteiger partial charge in [-0.3, -0.25) is 4.98 Å². The Morgan fingerprint density at radius 2 is 2.00 bits per heavy atom. The van der Waals surface area contributed by atoms with Crippen LogP contribution >= 0.6 is 0 Å². The van der Waals surface area contributed by atoms with E-state index in [0.29, 0.717) is 28.8 Å². The molecule has 0 radical (unpaired) electrons. The van der Waals surface area contributed by atoms with Crippen molar-refractivity contribution in [2.75, 3.05) is 16.8 Å². The molecule has 0 aliphatic carbocycles. The van der Waals surface area contributed by atoms with E-state index in [2.05, 4.69) is 36.4 Å². The molecule has 4 aromatic rings. The third-order valence-corrected chi connectivity index (χ3v) is 5.28. The molecule has 9 nitrogen and oxygen atoms in total. The fraction of sp³-hybridized carbons (Fsp3) is 0.217. The number of nitrogens with one attached hydrogen (secondary N) is 1. The van der Waals surface area contributed by atoms with Gasteiger partial charge in [0.05, 0.1) is 23.4 Å². The monoisotopic (exact) mass is 424 g/mol. The number of nitrogens with zero attached hydrogens (tertiary/aromatic N) is 7. The zero-order chi connectivity index (χ0) is 21.9. The molecule has 158 valence electrons. The van der Waals surface area contributed by atoms with E-state index in [1.54, 1.807) is 24.5 Å². The van der Waals surface area contributed by atoms with Crippen LogP contribution < -0.4 is 10.2 Å². The molecule has 1 atom stereocenters. The van der Waals surface area contributed by atoms with Crippen molar-refractivity contribution in [1.29, 1.82) is 5.26 Å². The predicted octanol–water partition coefficient (Wildman–Crippen LogP) is 4.19. The molecule has 0 amide bonds. The van der Waals surface area contributed by atoms with E-state index in [1.807, 2.05) is 37.3 Å². The van der Waals surface area contributed by atoms with Crippen molar-refractivity contribution in [2.24, 2.45) is 0 Å². The molecule has 9 heteroatoms. The molecule has 5 heterocycles. The Morgan fingerprint density at radius 3 is 2.84 bits per heavy atom. The number of hydrogen-bond acceptors (Lipinski definition) is 9. The molecule has 4 aromatic heterocycles. The molecule has 0 aromatic carbocycles.